The number of nitrogens with zero attached hydrogens (tertiary/aromatic N) is 4. The SMILES string of the molecule is Cc1cc(-c2ccnc(NCC(C)O)n2)cc2c1N(C(=O)Cc1cccnc1Cl)CC2. The summed E-state index contributed by atoms with van der Waals surface area (Å²) < 4.78 is 0. The molecule has 160 valence electrons. The van der Waals surface area contributed by atoms with Gasteiger partial charge in [0.05, 0.1) is 18.2 Å². The van der Waals surface area contributed by atoms with E-state index in [1.165, 1.54) is 0 Å². The lowest BCUT2D eigenvalue weighted by Gasteiger charge is -2.20. The molecule has 0 saturated heterocycles. The highest BCUT2D eigenvalue weighted by molar-refractivity contribution is 6.30. The van der Waals surface area contributed by atoms with Gasteiger partial charge in [0.25, 0.3) is 0 Å². The number of hydrogen-bond acceptors (Lipinski definition) is 6. The predicted octanol–water partition coefficient (Wildman–Crippen LogP) is 3.42. The van der Waals surface area contributed by atoms with Gasteiger partial charge in [0.15, 0.2) is 0 Å². The van der Waals surface area contributed by atoms with Crippen LogP contribution in [0.1, 0.15) is 23.6 Å². The van der Waals surface area contributed by atoms with E-state index in [-0.39, 0.29) is 12.3 Å². The molecule has 0 bridgehead atoms. The van der Waals surface area contributed by atoms with Crippen LogP contribution in [0.2, 0.25) is 5.15 Å². The third kappa shape index (κ3) is 4.68. The average molecular weight is 438 g/mol. The molecule has 3 aromatic rings. The van der Waals surface area contributed by atoms with Gasteiger partial charge in [0.1, 0.15) is 5.15 Å². The van der Waals surface area contributed by atoms with Crippen molar-refractivity contribution in [2.24, 2.45) is 0 Å². The molecule has 0 spiro atoms. The van der Waals surface area contributed by atoms with Crippen molar-refractivity contribution < 1.29 is 9.90 Å². The number of carbonyl (C=O) groups is 1. The minimum Gasteiger partial charge on any atom is -0.392 e. The summed E-state index contributed by atoms with van der Waals surface area (Å²) in [5.41, 5.74) is 5.61. The van der Waals surface area contributed by atoms with E-state index in [4.69, 9.17) is 11.6 Å². The standard InChI is InChI=1S/C23H24ClN5O2/c1-14-10-18(19-5-8-26-23(28-19)27-13-15(2)30)11-16-6-9-29(21(14)16)20(31)12-17-4-3-7-25-22(17)24/h3-5,7-8,10-11,15,30H,6,9,12-13H2,1-2H3,(H,26,27,28). The monoisotopic (exact) mass is 437 g/mol. The van der Waals surface area contributed by atoms with Crippen molar-refractivity contribution in [3.8, 4) is 11.3 Å². The van der Waals surface area contributed by atoms with E-state index in [1.807, 2.05) is 30.0 Å². The molecule has 2 N–H and O–H groups in total. The van der Waals surface area contributed by atoms with Crippen LogP contribution >= 0.6 is 11.6 Å². The first-order chi connectivity index (χ1) is 14.9. The number of halogens is 1. The van der Waals surface area contributed by atoms with Crippen LogP contribution in [0.3, 0.4) is 0 Å². The first-order valence-electron chi connectivity index (χ1n) is 10.2. The van der Waals surface area contributed by atoms with E-state index >= 15 is 0 Å². The van der Waals surface area contributed by atoms with E-state index in [0.717, 1.165) is 40.1 Å². The van der Waals surface area contributed by atoms with Gasteiger partial charge in [-0.15, -0.1) is 0 Å². The smallest absolute Gasteiger partial charge is 0.231 e. The summed E-state index contributed by atoms with van der Waals surface area (Å²) in [6.45, 7) is 4.74. The van der Waals surface area contributed by atoms with Crippen LogP contribution in [0.15, 0.2) is 42.7 Å². The lowest BCUT2D eigenvalue weighted by Crippen LogP contribution is -2.31. The highest BCUT2D eigenvalue weighted by Gasteiger charge is 2.27. The second-order valence-electron chi connectivity index (χ2n) is 7.72. The normalized spacial score (nSPS) is 13.7. The van der Waals surface area contributed by atoms with Crippen molar-refractivity contribution in [3.05, 3.63) is 64.6 Å². The number of benzene rings is 1. The largest absolute Gasteiger partial charge is 0.392 e. The lowest BCUT2D eigenvalue weighted by molar-refractivity contribution is -0.117. The second kappa shape index (κ2) is 8.99. The highest BCUT2D eigenvalue weighted by Crippen LogP contribution is 2.36. The Morgan fingerprint density at radius 2 is 2.13 bits per heavy atom. The minimum absolute atomic E-state index is 0.0103. The van der Waals surface area contributed by atoms with Crippen LogP contribution in [0.4, 0.5) is 11.6 Å². The maximum Gasteiger partial charge on any atom is 0.231 e. The van der Waals surface area contributed by atoms with E-state index < -0.39 is 6.10 Å². The average Bonchev–Trinajstić information content (AvgIpc) is 3.19. The summed E-state index contributed by atoms with van der Waals surface area (Å²) in [6.07, 6.45) is 3.83. The molecule has 0 fully saturated rings. The molecular weight excluding hydrogens is 414 g/mol. The molecular formula is C23H24ClN5O2. The van der Waals surface area contributed by atoms with Crippen LogP contribution in [0, 0.1) is 6.92 Å². The van der Waals surface area contributed by atoms with Gasteiger partial charge in [-0.1, -0.05) is 17.7 Å². The Morgan fingerprint density at radius 1 is 1.29 bits per heavy atom. The molecule has 3 heterocycles. The number of hydrogen-bond donors (Lipinski definition) is 2. The Balaban J connectivity index is 1.58. The van der Waals surface area contributed by atoms with Crippen LogP contribution in [-0.4, -0.2) is 45.2 Å². The van der Waals surface area contributed by atoms with Crippen LogP contribution < -0.4 is 10.2 Å². The highest BCUT2D eigenvalue weighted by atomic mass is 35.5. The van der Waals surface area contributed by atoms with E-state index in [0.29, 0.717) is 24.2 Å². The Kier molecular flexibility index (Phi) is 6.15. The molecule has 31 heavy (non-hydrogen) atoms. The maximum absolute atomic E-state index is 13.0. The van der Waals surface area contributed by atoms with Crippen LogP contribution in [-0.2, 0) is 17.6 Å². The number of pyridine rings is 1. The third-order valence-corrected chi connectivity index (χ3v) is 5.58. The Bertz CT molecular complexity index is 1120. The fourth-order valence-corrected chi connectivity index (χ4v) is 4.01. The maximum atomic E-state index is 13.0. The first-order valence-corrected chi connectivity index (χ1v) is 10.6. The van der Waals surface area contributed by atoms with E-state index in [1.54, 1.807) is 25.4 Å². The predicted molar refractivity (Wildman–Crippen MR) is 121 cm³/mol. The fourth-order valence-electron chi connectivity index (χ4n) is 3.82. The van der Waals surface area contributed by atoms with Gasteiger partial charge in [-0.05, 0) is 61.2 Å². The number of aromatic nitrogens is 3. The summed E-state index contributed by atoms with van der Waals surface area (Å²) in [4.78, 5) is 27.7. The molecule has 1 amide bonds. The van der Waals surface area contributed by atoms with E-state index in [9.17, 15) is 9.90 Å². The molecule has 1 unspecified atom stereocenters. The van der Waals surface area contributed by atoms with Gasteiger partial charge in [-0.2, -0.15) is 0 Å². The van der Waals surface area contributed by atoms with Gasteiger partial charge in [0.2, 0.25) is 11.9 Å². The summed E-state index contributed by atoms with van der Waals surface area (Å²) in [5, 5.41) is 12.9. The quantitative estimate of drug-likeness (QED) is 0.574. The van der Waals surface area contributed by atoms with Crippen molar-refractivity contribution in [1.82, 2.24) is 15.0 Å². The number of rotatable bonds is 6. The van der Waals surface area contributed by atoms with Crippen LogP contribution in [0.25, 0.3) is 11.3 Å². The number of fused-ring (bicyclic) bond motifs is 1. The zero-order chi connectivity index (χ0) is 22.0. The summed E-state index contributed by atoms with van der Waals surface area (Å²) >= 11 is 6.13. The summed E-state index contributed by atoms with van der Waals surface area (Å²) in [6, 6.07) is 9.61. The molecule has 1 aliphatic rings. The molecule has 8 heteroatoms. The Hall–Kier alpha value is -3.03. The molecule has 4 rings (SSSR count). The summed E-state index contributed by atoms with van der Waals surface area (Å²) in [7, 11) is 0. The minimum atomic E-state index is -0.487. The number of anilines is 2. The zero-order valence-electron chi connectivity index (χ0n) is 17.5. The Morgan fingerprint density at radius 3 is 2.90 bits per heavy atom. The molecule has 1 aromatic carbocycles. The van der Waals surface area contributed by atoms with Crippen molar-refractivity contribution >= 4 is 29.1 Å². The molecule has 0 aliphatic carbocycles. The van der Waals surface area contributed by atoms with Crippen LogP contribution in [0.5, 0.6) is 0 Å². The second-order valence-corrected chi connectivity index (χ2v) is 8.08. The van der Waals surface area contributed by atoms with Crippen molar-refractivity contribution in [2.75, 3.05) is 23.3 Å². The third-order valence-electron chi connectivity index (χ3n) is 5.24. The van der Waals surface area contributed by atoms with Gasteiger partial charge >= 0.3 is 0 Å². The molecule has 0 saturated carbocycles. The van der Waals surface area contributed by atoms with Gasteiger partial charge < -0.3 is 15.3 Å². The number of aryl methyl sites for hydroxylation is 1. The number of aliphatic hydroxyl groups excluding tert-OH is 1. The van der Waals surface area contributed by atoms with Gasteiger partial charge in [0, 0.05) is 36.7 Å². The van der Waals surface area contributed by atoms with E-state index in [2.05, 4.69) is 26.3 Å². The van der Waals surface area contributed by atoms with Crippen molar-refractivity contribution in [2.45, 2.75) is 32.8 Å². The number of nitrogens with one attached hydrogen (secondary N) is 1. The zero-order valence-corrected chi connectivity index (χ0v) is 18.2. The summed E-state index contributed by atoms with van der Waals surface area (Å²) in [5.74, 6) is 0.484. The number of aliphatic hydroxyl groups is 1. The first kappa shape index (κ1) is 21.2. The molecule has 1 atom stereocenters. The van der Waals surface area contributed by atoms with Gasteiger partial charge in [-0.25, -0.2) is 15.0 Å². The molecule has 2 aromatic heterocycles. The molecule has 0 radical (unpaired) electrons. The molecule has 7 nitrogen and oxygen atoms in total. The number of amides is 1. The fraction of sp³-hybridized carbons (Fsp3) is 0.304. The van der Waals surface area contributed by atoms with Crippen molar-refractivity contribution in [1.29, 1.82) is 0 Å². The van der Waals surface area contributed by atoms with Gasteiger partial charge in [-0.3, -0.25) is 4.79 Å². The Labute approximate surface area is 186 Å². The topological polar surface area (TPSA) is 91.2 Å². The number of carbonyl (C=O) groups excluding carboxylic acids is 1. The lowest BCUT2D eigenvalue weighted by atomic mass is 10.0. The van der Waals surface area contributed by atoms with Crippen molar-refractivity contribution in [3.63, 3.8) is 0 Å². The molecule has 1 aliphatic heterocycles.